The number of nitriles is 2. The highest BCUT2D eigenvalue weighted by molar-refractivity contribution is 7.17. The average molecular weight is 349 g/mol. The van der Waals surface area contributed by atoms with Crippen LogP contribution in [-0.4, -0.2) is 15.9 Å². The van der Waals surface area contributed by atoms with Crippen LogP contribution in [0.15, 0.2) is 35.1 Å². The van der Waals surface area contributed by atoms with E-state index in [4.69, 9.17) is 5.26 Å². The lowest BCUT2D eigenvalue weighted by atomic mass is 10.2. The molecule has 1 aromatic carbocycles. The number of nitrogens with zero attached hydrogens (tertiary/aromatic N) is 5. The van der Waals surface area contributed by atoms with Crippen molar-refractivity contribution in [2.75, 3.05) is 11.4 Å². The maximum absolute atomic E-state index is 12.4. The van der Waals surface area contributed by atoms with Gasteiger partial charge in [0.15, 0.2) is 4.96 Å². The molecule has 3 rings (SSSR count). The van der Waals surface area contributed by atoms with Crippen molar-refractivity contribution < 1.29 is 0 Å². The molecule has 2 heterocycles. The number of hydrogen-bond donors (Lipinski definition) is 0. The molecule has 0 aliphatic carbocycles. The van der Waals surface area contributed by atoms with Crippen molar-refractivity contribution >= 4 is 22.0 Å². The number of fused-ring (bicyclic) bond motifs is 1. The molecule has 0 aliphatic rings. The van der Waals surface area contributed by atoms with Crippen LogP contribution in [0.25, 0.3) is 4.96 Å². The fourth-order valence-corrected chi connectivity index (χ4v) is 3.63. The van der Waals surface area contributed by atoms with Crippen molar-refractivity contribution in [1.82, 2.24) is 9.38 Å². The Hall–Kier alpha value is -3.16. The third kappa shape index (κ3) is 3.10. The standard InChI is InChI=1S/C18H15N5OS/c1-3-22(15-6-4-5-13(7-15)9-19)11-14-8-17(24)23-16(10-20)12(2)25-18(23)21-14/h4-8H,3,11H2,1-2H3. The van der Waals surface area contributed by atoms with E-state index in [0.29, 0.717) is 35.0 Å². The minimum absolute atomic E-state index is 0.247. The third-order valence-corrected chi connectivity index (χ3v) is 4.88. The summed E-state index contributed by atoms with van der Waals surface area (Å²) in [6.45, 7) is 4.98. The zero-order valence-electron chi connectivity index (χ0n) is 13.9. The van der Waals surface area contributed by atoms with Crippen LogP contribution in [0.1, 0.15) is 28.8 Å². The molecule has 3 aromatic rings. The first-order chi connectivity index (χ1) is 12.1. The van der Waals surface area contributed by atoms with Crippen molar-refractivity contribution in [3.05, 3.63) is 62.5 Å². The van der Waals surface area contributed by atoms with E-state index in [-0.39, 0.29) is 5.56 Å². The van der Waals surface area contributed by atoms with E-state index < -0.39 is 0 Å². The molecule has 124 valence electrons. The summed E-state index contributed by atoms with van der Waals surface area (Å²) in [5, 5.41) is 18.3. The van der Waals surface area contributed by atoms with E-state index >= 15 is 0 Å². The Labute approximate surface area is 148 Å². The first-order valence-electron chi connectivity index (χ1n) is 7.74. The van der Waals surface area contributed by atoms with Crippen molar-refractivity contribution in [3.63, 3.8) is 0 Å². The maximum atomic E-state index is 12.4. The van der Waals surface area contributed by atoms with Crippen molar-refractivity contribution in [3.8, 4) is 12.1 Å². The van der Waals surface area contributed by atoms with Gasteiger partial charge < -0.3 is 4.90 Å². The molecule has 0 fully saturated rings. The number of thiazole rings is 1. The molecule has 0 spiro atoms. The van der Waals surface area contributed by atoms with Gasteiger partial charge >= 0.3 is 0 Å². The summed E-state index contributed by atoms with van der Waals surface area (Å²) in [5.41, 5.74) is 2.23. The first-order valence-corrected chi connectivity index (χ1v) is 8.56. The highest BCUT2D eigenvalue weighted by Gasteiger charge is 2.14. The summed E-state index contributed by atoms with van der Waals surface area (Å²) in [7, 11) is 0. The zero-order valence-corrected chi connectivity index (χ0v) is 14.7. The van der Waals surface area contributed by atoms with Gasteiger partial charge in [0.1, 0.15) is 11.8 Å². The van der Waals surface area contributed by atoms with E-state index in [2.05, 4.69) is 17.1 Å². The predicted molar refractivity (Wildman–Crippen MR) is 96.7 cm³/mol. The molecule has 0 aliphatic heterocycles. The first kappa shape index (κ1) is 16.7. The lowest BCUT2D eigenvalue weighted by Crippen LogP contribution is -2.25. The Morgan fingerprint density at radius 2 is 2.08 bits per heavy atom. The Morgan fingerprint density at radius 1 is 1.28 bits per heavy atom. The highest BCUT2D eigenvalue weighted by Crippen LogP contribution is 2.21. The maximum Gasteiger partial charge on any atom is 0.259 e. The Kier molecular flexibility index (Phi) is 4.51. The third-order valence-electron chi connectivity index (χ3n) is 3.92. The van der Waals surface area contributed by atoms with Crippen molar-refractivity contribution in [2.45, 2.75) is 20.4 Å². The molecule has 25 heavy (non-hydrogen) atoms. The molecule has 0 radical (unpaired) electrons. The van der Waals surface area contributed by atoms with E-state index in [9.17, 15) is 10.1 Å². The Balaban J connectivity index is 2.00. The second-order valence-electron chi connectivity index (χ2n) is 5.50. The van der Waals surface area contributed by atoms with Crippen LogP contribution in [0.3, 0.4) is 0 Å². The number of aryl methyl sites for hydroxylation is 1. The molecule has 0 N–H and O–H groups in total. The number of anilines is 1. The fourth-order valence-electron chi connectivity index (χ4n) is 2.69. The van der Waals surface area contributed by atoms with Crippen molar-refractivity contribution in [2.24, 2.45) is 0 Å². The minimum Gasteiger partial charge on any atom is -0.366 e. The second kappa shape index (κ2) is 6.76. The summed E-state index contributed by atoms with van der Waals surface area (Å²) in [6, 6.07) is 13.0. The van der Waals surface area contributed by atoms with Crippen LogP contribution in [0.4, 0.5) is 5.69 Å². The quantitative estimate of drug-likeness (QED) is 0.723. The summed E-state index contributed by atoms with van der Waals surface area (Å²) >= 11 is 1.34. The summed E-state index contributed by atoms with van der Waals surface area (Å²) in [4.78, 5) is 20.3. The monoisotopic (exact) mass is 349 g/mol. The van der Waals surface area contributed by atoms with Crippen LogP contribution in [0.2, 0.25) is 0 Å². The second-order valence-corrected chi connectivity index (χ2v) is 6.68. The molecule has 0 amide bonds. The number of benzene rings is 1. The van der Waals surface area contributed by atoms with Gasteiger partial charge in [0.2, 0.25) is 0 Å². The normalized spacial score (nSPS) is 10.4. The summed E-state index contributed by atoms with van der Waals surface area (Å²) in [6.07, 6.45) is 0. The van der Waals surface area contributed by atoms with E-state index in [1.165, 1.54) is 21.8 Å². The van der Waals surface area contributed by atoms with E-state index in [0.717, 1.165) is 10.6 Å². The summed E-state index contributed by atoms with van der Waals surface area (Å²) in [5.74, 6) is 0. The predicted octanol–water partition coefficient (Wildman–Crippen LogP) is 2.83. The van der Waals surface area contributed by atoms with Gasteiger partial charge in [-0.3, -0.25) is 4.79 Å². The number of aromatic nitrogens is 2. The van der Waals surface area contributed by atoms with Gasteiger partial charge in [-0.15, -0.1) is 11.3 Å². The van der Waals surface area contributed by atoms with Crippen LogP contribution in [0, 0.1) is 29.6 Å². The lowest BCUT2D eigenvalue weighted by Gasteiger charge is -2.22. The van der Waals surface area contributed by atoms with Gasteiger partial charge in [0, 0.05) is 23.2 Å². The smallest absolute Gasteiger partial charge is 0.259 e. The van der Waals surface area contributed by atoms with Gasteiger partial charge in [-0.1, -0.05) is 6.07 Å². The molecule has 0 saturated carbocycles. The molecule has 2 aromatic heterocycles. The molecule has 0 unspecified atom stereocenters. The molecule has 7 heteroatoms. The van der Waals surface area contributed by atoms with Gasteiger partial charge in [-0.2, -0.15) is 10.5 Å². The van der Waals surface area contributed by atoms with E-state index in [1.54, 1.807) is 6.07 Å². The Morgan fingerprint density at radius 3 is 2.76 bits per heavy atom. The zero-order chi connectivity index (χ0) is 18.0. The van der Waals surface area contributed by atoms with Gasteiger partial charge in [0.25, 0.3) is 5.56 Å². The molecule has 0 saturated heterocycles. The number of hydrogen-bond acceptors (Lipinski definition) is 6. The molecule has 0 atom stereocenters. The van der Waals surface area contributed by atoms with Gasteiger partial charge in [0.05, 0.1) is 23.9 Å². The van der Waals surface area contributed by atoms with Crippen LogP contribution >= 0.6 is 11.3 Å². The van der Waals surface area contributed by atoms with Crippen LogP contribution in [0.5, 0.6) is 0 Å². The van der Waals surface area contributed by atoms with Crippen LogP contribution in [-0.2, 0) is 6.54 Å². The summed E-state index contributed by atoms with van der Waals surface area (Å²) < 4.78 is 1.36. The fraction of sp³-hybridized carbons (Fsp3) is 0.222. The SMILES string of the molecule is CCN(Cc1cc(=O)n2c(C#N)c(C)sc2n1)c1cccc(C#N)c1. The minimum atomic E-state index is -0.247. The lowest BCUT2D eigenvalue weighted by molar-refractivity contribution is 0.805. The molecular weight excluding hydrogens is 334 g/mol. The number of rotatable bonds is 4. The molecule has 6 nitrogen and oxygen atoms in total. The average Bonchev–Trinajstić information content (AvgIpc) is 2.95. The van der Waals surface area contributed by atoms with Crippen molar-refractivity contribution in [1.29, 1.82) is 10.5 Å². The Bertz CT molecular complexity index is 1080. The molecular formula is C18H15N5OS. The largest absolute Gasteiger partial charge is 0.366 e. The van der Waals surface area contributed by atoms with Gasteiger partial charge in [-0.05, 0) is 32.0 Å². The van der Waals surface area contributed by atoms with Crippen LogP contribution < -0.4 is 10.5 Å². The van der Waals surface area contributed by atoms with E-state index in [1.807, 2.05) is 36.9 Å². The molecule has 0 bridgehead atoms. The topological polar surface area (TPSA) is 85.2 Å². The highest BCUT2D eigenvalue weighted by atomic mass is 32.1. The van der Waals surface area contributed by atoms with Gasteiger partial charge in [-0.25, -0.2) is 9.38 Å².